The number of benzene rings is 2. The Bertz CT molecular complexity index is 879. The van der Waals surface area contributed by atoms with Gasteiger partial charge in [0.05, 0.1) is 12.0 Å². The van der Waals surface area contributed by atoms with E-state index < -0.39 is 15.8 Å². The third-order valence-electron chi connectivity index (χ3n) is 4.99. The molecule has 2 aromatic rings. The smallest absolute Gasteiger partial charge is 0.240 e. The number of sulfonamides is 1. The van der Waals surface area contributed by atoms with Crippen LogP contribution in [0.4, 0.5) is 4.39 Å². The second-order valence-corrected chi connectivity index (χ2v) is 8.56. The van der Waals surface area contributed by atoms with Crippen molar-refractivity contribution < 1.29 is 17.5 Å². The van der Waals surface area contributed by atoms with Crippen LogP contribution < -0.4 is 9.46 Å². The van der Waals surface area contributed by atoms with E-state index in [1.54, 1.807) is 14.0 Å². The van der Waals surface area contributed by atoms with E-state index in [-0.39, 0.29) is 17.5 Å². The van der Waals surface area contributed by atoms with Gasteiger partial charge in [-0.3, -0.25) is 4.90 Å². The molecular formula is C20H25FN2O3S. The van der Waals surface area contributed by atoms with Crippen molar-refractivity contribution in [2.24, 2.45) is 0 Å². The highest BCUT2D eigenvalue weighted by molar-refractivity contribution is 7.89. The zero-order chi connectivity index (χ0) is 19.4. The first kappa shape index (κ1) is 19.8. The fraction of sp³-hybridized carbons (Fsp3) is 0.400. The molecule has 0 aliphatic carbocycles. The van der Waals surface area contributed by atoms with E-state index >= 15 is 0 Å². The molecule has 1 saturated heterocycles. The molecule has 0 spiro atoms. The van der Waals surface area contributed by atoms with Gasteiger partial charge in [-0.1, -0.05) is 12.1 Å². The van der Waals surface area contributed by atoms with Crippen LogP contribution in [0.25, 0.3) is 0 Å². The van der Waals surface area contributed by atoms with Gasteiger partial charge in [0.1, 0.15) is 11.6 Å². The second kappa shape index (κ2) is 8.37. The second-order valence-electron chi connectivity index (χ2n) is 6.79. The van der Waals surface area contributed by atoms with Crippen molar-refractivity contribution in [3.05, 3.63) is 59.4 Å². The van der Waals surface area contributed by atoms with Crippen molar-refractivity contribution in [2.45, 2.75) is 30.7 Å². The number of likely N-dealkylation sites (tertiary alicyclic amines) is 1. The lowest BCUT2D eigenvalue weighted by molar-refractivity contribution is 0.246. The molecule has 1 aliphatic rings. The number of rotatable bonds is 7. The van der Waals surface area contributed by atoms with Gasteiger partial charge in [-0.25, -0.2) is 17.5 Å². The number of nitrogens with zero attached hydrogens (tertiary/aromatic N) is 1. The maximum Gasteiger partial charge on any atom is 0.240 e. The predicted octanol–water partition coefficient (Wildman–Crippen LogP) is 3.26. The summed E-state index contributed by atoms with van der Waals surface area (Å²) in [6, 6.07) is 11.5. The summed E-state index contributed by atoms with van der Waals surface area (Å²) in [5.41, 5.74) is 1.35. The number of hydrogen-bond donors (Lipinski definition) is 1. The average molecular weight is 392 g/mol. The van der Waals surface area contributed by atoms with Crippen LogP contribution in [0.1, 0.15) is 30.0 Å². The van der Waals surface area contributed by atoms with Gasteiger partial charge in [0, 0.05) is 12.6 Å². The maximum atomic E-state index is 13.5. The molecule has 1 aliphatic heterocycles. The summed E-state index contributed by atoms with van der Waals surface area (Å²) in [4.78, 5) is 2.37. The molecule has 0 aromatic heterocycles. The summed E-state index contributed by atoms with van der Waals surface area (Å²) in [7, 11) is -2.10. The zero-order valence-electron chi connectivity index (χ0n) is 15.6. The Kier molecular flexibility index (Phi) is 6.14. The fourth-order valence-electron chi connectivity index (χ4n) is 3.39. The van der Waals surface area contributed by atoms with Gasteiger partial charge in [0.2, 0.25) is 10.0 Å². The number of aryl methyl sites for hydroxylation is 1. The Morgan fingerprint density at radius 1 is 1.15 bits per heavy atom. The molecule has 1 N–H and O–H groups in total. The standard InChI is InChI=1S/C20H25FN2O3S/c1-15-13-18(9-10-19(15)21)27(24,25)22-14-20(23-11-3-4-12-23)16-5-7-17(26-2)8-6-16/h5-10,13,20,22H,3-4,11-12,14H2,1-2H3. The van der Waals surface area contributed by atoms with Crippen LogP contribution in [0.3, 0.4) is 0 Å². The normalized spacial score (nSPS) is 16.4. The minimum Gasteiger partial charge on any atom is -0.497 e. The van der Waals surface area contributed by atoms with Gasteiger partial charge in [0.25, 0.3) is 0 Å². The molecule has 7 heteroatoms. The predicted molar refractivity (Wildman–Crippen MR) is 103 cm³/mol. The fourth-order valence-corrected chi connectivity index (χ4v) is 4.52. The van der Waals surface area contributed by atoms with Crippen LogP contribution >= 0.6 is 0 Å². The molecule has 1 fully saturated rings. The van der Waals surface area contributed by atoms with Gasteiger partial charge in [-0.15, -0.1) is 0 Å². The molecule has 146 valence electrons. The lowest BCUT2D eigenvalue weighted by atomic mass is 10.1. The van der Waals surface area contributed by atoms with Crippen LogP contribution in [0, 0.1) is 12.7 Å². The highest BCUT2D eigenvalue weighted by atomic mass is 32.2. The molecule has 0 bridgehead atoms. The summed E-state index contributed by atoms with van der Waals surface area (Å²) in [6.45, 7) is 3.69. The third-order valence-corrected chi connectivity index (χ3v) is 6.41. The van der Waals surface area contributed by atoms with E-state index in [4.69, 9.17) is 4.74 Å². The summed E-state index contributed by atoms with van der Waals surface area (Å²) < 4.78 is 46.7. The molecular weight excluding hydrogens is 367 g/mol. The van der Waals surface area contributed by atoms with Gasteiger partial charge >= 0.3 is 0 Å². The number of nitrogens with one attached hydrogen (secondary N) is 1. The van der Waals surface area contributed by atoms with Crippen LogP contribution in [-0.2, 0) is 10.0 Å². The Labute approximate surface area is 160 Å². The number of methoxy groups -OCH3 is 1. The quantitative estimate of drug-likeness (QED) is 0.786. The van der Waals surface area contributed by atoms with Crippen molar-refractivity contribution in [1.82, 2.24) is 9.62 Å². The van der Waals surface area contributed by atoms with E-state index in [2.05, 4.69) is 9.62 Å². The van der Waals surface area contributed by atoms with Gasteiger partial charge in [-0.2, -0.15) is 0 Å². The van der Waals surface area contributed by atoms with Crippen molar-refractivity contribution >= 4 is 10.0 Å². The molecule has 0 radical (unpaired) electrons. The van der Waals surface area contributed by atoms with E-state index in [0.717, 1.165) is 37.2 Å². The van der Waals surface area contributed by atoms with Crippen LogP contribution in [0.2, 0.25) is 0 Å². The number of ether oxygens (including phenoxy) is 1. The minimum atomic E-state index is -3.71. The van der Waals surface area contributed by atoms with Crippen molar-refractivity contribution in [1.29, 1.82) is 0 Å². The molecule has 1 heterocycles. The molecule has 0 amide bonds. The van der Waals surface area contributed by atoms with Gasteiger partial charge in [0.15, 0.2) is 0 Å². The number of hydrogen-bond acceptors (Lipinski definition) is 4. The Balaban J connectivity index is 1.80. The highest BCUT2D eigenvalue weighted by Gasteiger charge is 2.26. The van der Waals surface area contributed by atoms with Crippen molar-refractivity contribution in [3.8, 4) is 5.75 Å². The first-order valence-corrected chi connectivity index (χ1v) is 10.5. The SMILES string of the molecule is COc1ccc(C(CNS(=O)(=O)c2ccc(F)c(C)c2)N2CCCC2)cc1. The molecule has 3 rings (SSSR count). The summed E-state index contributed by atoms with van der Waals surface area (Å²) in [5, 5.41) is 0. The van der Waals surface area contributed by atoms with E-state index in [9.17, 15) is 12.8 Å². The molecule has 1 atom stereocenters. The van der Waals surface area contributed by atoms with E-state index in [1.165, 1.54) is 18.2 Å². The Morgan fingerprint density at radius 2 is 1.81 bits per heavy atom. The van der Waals surface area contributed by atoms with Gasteiger partial charge in [-0.05, 0) is 74.3 Å². The molecule has 0 saturated carbocycles. The van der Waals surface area contributed by atoms with Gasteiger partial charge < -0.3 is 4.74 Å². The van der Waals surface area contributed by atoms with Crippen molar-refractivity contribution in [3.63, 3.8) is 0 Å². The summed E-state index contributed by atoms with van der Waals surface area (Å²) >= 11 is 0. The zero-order valence-corrected chi connectivity index (χ0v) is 16.4. The lowest BCUT2D eigenvalue weighted by Gasteiger charge is -2.28. The van der Waals surface area contributed by atoms with Crippen LogP contribution in [-0.4, -0.2) is 40.1 Å². The monoisotopic (exact) mass is 392 g/mol. The first-order valence-electron chi connectivity index (χ1n) is 9.04. The van der Waals surface area contributed by atoms with Crippen LogP contribution in [0.15, 0.2) is 47.4 Å². The van der Waals surface area contributed by atoms with E-state index in [1.807, 2.05) is 24.3 Å². The third kappa shape index (κ3) is 4.66. The number of halogens is 1. The Morgan fingerprint density at radius 3 is 2.41 bits per heavy atom. The Hall–Kier alpha value is -1.96. The average Bonchev–Trinajstić information content (AvgIpc) is 3.19. The molecule has 1 unspecified atom stereocenters. The van der Waals surface area contributed by atoms with Crippen LogP contribution in [0.5, 0.6) is 5.75 Å². The highest BCUT2D eigenvalue weighted by Crippen LogP contribution is 2.27. The molecule has 27 heavy (non-hydrogen) atoms. The first-order chi connectivity index (χ1) is 12.9. The minimum absolute atomic E-state index is 0.0604. The maximum absolute atomic E-state index is 13.5. The molecule has 2 aromatic carbocycles. The lowest BCUT2D eigenvalue weighted by Crippen LogP contribution is -2.36. The molecule has 5 nitrogen and oxygen atoms in total. The summed E-state index contributed by atoms with van der Waals surface area (Å²) in [5.74, 6) is 0.350. The topological polar surface area (TPSA) is 58.6 Å². The van der Waals surface area contributed by atoms with E-state index in [0.29, 0.717) is 5.56 Å². The largest absolute Gasteiger partial charge is 0.497 e. The van der Waals surface area contributed by atoms with Crippen molar-refractivity contribution in [2.75, 3.05) is 26.7 Å². The summed E-state index contributed by atoms with van der Waals surface area (Å²) in [6.07, 6.45) is 2.22.